The van der Waals surface area contributed by atoms with E-state index in [9.17, 15) is 0 Å². The van der Waals surface area contributed by atoms with Gasteiger partial charge in [0.15, 0.2) is 0 Å². The third kappa shape index (κ3) is 5.14. The van der Waals surface area contributed by atoms with Gasteiger partial charge in [-0.05, 0) is 113 Å². The first kappa shape index (κ1) is 28.0. The van der Waals surface area contributed by atoms with Crippen molar-refractivity contribution in [2.45, 2.75) is 20.3 Å². The van der Waals surface area contributed by atoms with Gasteiger partial charge in [-0.1, -0.05) is 141 Å². The molecule has 8 rings (SSSR count). The van der Waals surface area contributed by atoms with Crippen LogP contribution in [0.4, 0.5) is 0 Å². The maximum Gasteiger partial charge on any atom is 0.0273 e. The maximum atomic E-state index is 4.15. The van der Waals surface area contributed by atoms with Gasteiger partial charge < -0.3 is 0 Å². The molecule has 0 aliphatic carbocycles. The summed E-state index contributed by atoms with van der Waals surface area (Å²) in [6.45, 7) is 4.57. The monoisotopic (exact) mass is 589 g/mol. The van der Waals surface area contributed by atoms with Gasteiger partial charge in [0.05, 0.1) is 0 Å². The zero-order valence-electron chi connectivity index (χ0n) is 26.2. The molecule has 1 heterocycles. The van der Waals surface area contributed by atoms with Gasteiger partial charge in [-0.25, -0.2) is 0 Å². The lowest BCUT2D eigenvalue weighted by Crippen LogP contribution is -1.94. The molecular weight excluding hydrogens is 555 g/mol. The van der Waals surface area contributed by atoms with Gasteiger partial charge >= 0.3 is 0 Å². The van der Waals surface area contributed by atoms with Crippen LogP contribution >= 0.6 is 0 Å². The van der Waals surface area contributed by atoms with Crippen molar-refractivity contribution in [1.29, 1.82) is 0 Å². The van der Waals surface area contributed by atoms with E-state index in [1.165, 1.54) is 82.4 Å². The number of hydrogen-bond acceptors (Lipinski definition) is 1. The van der Waals surface area contributed by atoms with E-state index in [1.54, 1.807) is 0 Å². The summed E-state index contributed by atoms with van der Waals surface area (Å²) < 4.78 is 0. The Balaban J connectivity index is 1.24. The largest absolute Gasteiger partial charge is 0.265 e. The lowest BCUT2D eigenvalue weighted by atomic mass is 9.85. The molecule has 0 atom stereocenters. The molecule has 0 bridgehead atoms. The van der Waals surface area contributed by atoms with Crippen molar-refractivity contribution in [2.24, 2.45) is 5.92 Å². The zero-order chi connectivity index (χ0) is 31.0. The lowest BCUT2D eigenvalue weighted by Gasteiger charge is -2.18. The summed E-state index contributed by atoms with van der Waals surface area (Å²) in [4.78, 5) is 4.15. The van der Waals surface area contributed by atoms with E-state index in [-0.39, 0.29) is 0 Å². The number of fused-ring (bicyclic) bond motifs is 3. The first-order valence-electron chi connectivity index (χ1n) is 16.2. The molecule has 1 aromatic heterocycles. The second kappa shape index (κ2) is 11.8. The Kier molecular flexibility index (Phi) is 7.15. The minimum absolute atomic E-state index is 0.633. The highest BCUT2D eigenvalue weighted by Gasteiger charge is 2.17. The van der Waals surface area contributed by atoms with E-state index in [1.807, 2.05) is 24.5 Å². The highest BCUT2D eigenvalue weighted by atomic mass is 14.6. The van der Waals surface area contributed by atoms with Crippen molar-refractivity contribution < 1.29 is 0 Å². The molecule has 0 N–H and O–H groups in total. The number of aromatic nitrogens is 1. The van der Waals surface area contributed by atoms with E-state index < -0.39 is 0 Å². The van der Waals surface area contributed by atoms with Crippen molar-refractivity contribution >= 4 is 32.3 Å². The first-order valence-corrected chi connectivity index (χ1v) is 16.2. The summed E-state index contributed by atoms with van der Waals surface area (Å²) in [6.07, 6.45) is 4.77. The van der Waals surface area contributed by atoms with E-state index >= 15 is 0 Å². The quantitative estimate of drug-likeness (QED) is 0.176. The number of benzene rings is 7. The van der Waals surface area contributed by atoms with Crippen LogP contribution in [0.3, 0.4) is 0 Å². The van der Waals surface area contributed by atoms with Gasteiger partial charge in [-0.2, -0.15) is 0 Å². The Hall–Kier alpha value is -5.53. The average Bonchev–Trinajstić information content (AvgIpc) is 3.10. The average molecular weight is 590 g/mol. The van der Waals surface area contributed by atoms with E-state index in [2.05, 4.69) is 152 Å². The van der Waals surface area contributed by atoms with Crippen LogP contribution < -0.4 is 0 Å². The molecule has 7 aromatic carbocycles. The smallest absolute Gasteiger partial charge is 0.0273 e. The van der Waals surface area contributed by atoms with Gasteiger partial charge in [0, 0.05) is 12.4 Å². The molecule has 0 unspecified atom stereocenters. The minimum Gasteiger partial charge on any atom is -0.265 e. The Morgan fingerprint density at radius 3 is 1.37 bits per heavy atom. The van der Waals surface area contributed by atoms with Crippen LogP contribution in [0.25, 0.3) is 76.8 Å². The van der Waals surface area contributed by atoms with Crippen molar-refractivity contribution in [1.82, 2.24) is 4.98 Å². The Morgan fingerprint density at radius 2 is 0.848 bits per heavy atom. The van der Waals surface area contributed by atoms with Crippen LogP contribution in [0, 0.1) is 5.92 Å². The van der Waals surface area contributed by atoms with Gasteiger partial charge in [0.25, 0.3) is 0 Å². The third-order valence-corrected chi connectivity index (χ3v) is 9.17. The third-order valence-electron chi connectivity index (χ3n) is 9.17. The summed E-state index contributed by atoms with van der Waals surface area (Å²) in [6, 6.07) is 53.7. The zero-order valence-corrected chi connectivity index (χ0v) is 26.2. The Labute approximate surface area is 270 Å². The fourth-order valence-electron chi connectivity index (χ4n) is 7.03. The molecule has 1 nitrogen and oxygen atoms in total. The van der Waals surface area contributed by atoms with Crippen LogP contribution in [0.1, 0.15) is 19.4 Å². The molecule has 0 saturated heterocycles. The fourth-order valence-corrected chi connectivity index (χ4v) is 7.03. The molecule has 8 aromatic rings. The van der Waals surface area contributed by atoms with E-state index in [0.29, 0.717) is 5.92 Å². The van der Waals surface area contributed by atoms with Gasteiger partial charge in [0.1, 0.15) is 0 Å². The van der Waals surface area contributed by atoms with Crippen LogP contribution in [-0.4, -0.2) is 4.98 Å². The standard InChI is InChI=1S/C45H35N/c1-30(2)27-31-11-12-35-19-22-38(29-39(35)28-31)45-42-9-5-3-7-40(42)44(41-8-4-6-10-43(41)45)37-20-17-33(18-21-37)32-13-15-34(16-14-32)36-23-25-46-26-24-36/h3-26,28-30H,27H2,1-2H3. The molecule has 0 saturated carbocycles. The van der Waals surface area contributed by atoms with E-state index in [0.717, 1.165) is 6.42 Å². The van der Waals surface area contributed by atoms with Crippen LogP contribution in [0.2, 0.25) is 0 Å². The van der Waals surface area contributed by atoms with Crippen LogP contribution in [0.5, 0.6) is 0 Å². The van der Waals surface area contributed by atoms with Gasteiger partial charge in [-0.15, -0.1) is 0 Å². The molecule has 0 radical (unpaired) electrons. The second-order valence-electron chi connectivity index (χ2n) is 12.7. The summed E-state index contributed by atoms with van der Waals surface area (Å²) >= 11 is 0. The topological polar surface area (TPSA) is 12.9 Å². The van der Waals surface area contributed by atoms with Crippen LogP contribution in [-0.2, 0) is 6.42 Å². The number of nitrogens with zero attached hydrogens (tertiary/aromatic N) is 1. The molecule has 0 aliphatic rings. The second-order valence-corrected chi connectivity index (χ2v) is 12.7. The number of pyridine rings is 1. The summed E-state index contributed by atoms with van der Waals surface area (Å²) in [5, 5.41) is 7.71. The predicted octanol–water partition coefficient (Wildman–Crippen LogP) is 12.4. The van der Waals surface area contributed by atoms with Gasteiger partial charge in [0.2, 0.25) is 0 Å². The lowest BCUT2D eigenvalue weighted by molar-refractivity contribution is 0.648. The SMILES string of the molecule is CC(C)Cc1ccc2ccc(-c3c4ccccc4c(-c4ccc(-c5ccc(-c6ccncc6)cc5)cc4)c4ccccc34)cc2c1. The molecule has 0 spiro atoms. The first-order chi connectivity index (χ1) is 22.6. The molecule has 0 fully saturated rings. The highest BCUT2D eigenvalue weighted by Crippen LogP contribution is 2.44. The molecular formula is C45H35N. The molecule has 0 amide bonds. The van der Waals surface area contributed by atoms with Crippen LogP contribution in [0.15, 0.2) is 158 Å². The predicted molar refractivity (Wildman–Crippen MR) is 197 cm³/mol. The Morgan fingerprint density at radius 1 is 0.413 bits per heavy atom. The molecule has 46 heavy (non-hydrogen) atoms. The Bertz CT molecular complexity index is 2270. The minimum atomic E-state index is 0.633. The van der Waals surface area contributed by atoms with Crippen molar-refractivity contribution in [3.63, 3.8) is 0 Å². The molecule has 220 valence electrons. The van der Waals surface area contributed by atoms with Crippen molar-refractivity contribution in [2.75, 3.05) is 0 Å². The van der Waals surface area contributed by atoms with Crippen molar-refractivity contribution in [3.05, 3.63) is 164 Å². The summed E-state index contributed by atoms with van der Waals surface area (Å²) in [5.41, 5.74) is 11.3. The summed E-state index contributed by atoms with van der Waals surface area (Å²) in [5.74, 6) is 0.633. The maximum absolute atomic E-state index is 4.15. The number of rotatable bonds is 6. The highest BCUT2D eigenvalue weighted by molar-refractivity contribution is 6.21. The molecule has 0 aliphatic heterocycles. The van der Waals surface area contributed by atoms with Gasteiger partial charge in [-0.3, -0.25) is 4.98 Å². The normalized spacial score (nSPS) is 11.5. The molecule has 1 heteroatoms. The van der Waals surface area contributed by atoms with Crippen molar-refractivity contribution in [3.8, 4) is 44.5 Å². The number of hydrogen-bond donors (Lipinski definition) is 0. The van der Waals surface area contributed by atoms with E-state index in [4.69, 9.17) is 0 Å². The summed E-state index contributed by atoms with van der Waals surface area (Å²) in [7, 11) is 0. The fraction of sp³-hybridized carbons (Fsp3) is 0.0889.